The van der Waals surface area contributed by atoms with E-state index in [9.17, 15) is 9.90 Å². The van der Waals surface area contributed by atoms with Gasteiger partial charge in [0, 0.05) is 20.1 Å². The molecule has 26 heavy (non-hydrogen) atoms. The highest BCUT2D eigenvalue weighted by Crippen LogP contribution is 2.17. The van der Waals surface area contributed by atoms with E-state index in [2.05, 4.69) is 11.0 Å². The average Bonchev–Trinajstić information content (AvgIpc) is 2.61. The Hall–Kier alpha value is -2.37. The minimum absolute atomic E-state index is 0.0621. The Labute approximate surface area is 155 Å². The molecular weight excluding hydrogens is 328 g/mol. The predicted molar refractivity (Wildman–Crippen MR) is 103 cm³/mol. The molecule has 0 heterocycles. The normalized spacial score (nSPS) is 12.1. The number of hydrogen-bond donors (Lipinski definition) is 1. The van der Waals surface area contributed by atoms with Crippen molar-refractivity contribution in [2.75, 3.05) is 27.7 Å². The van der Waals surface area contributed by atoms with E-state index in [0.29, 0.717) is 12.3 Å². The molecule has 0 fully saturated rings. The molecule has 0 radical (unpaired) electrons. The molecule has 1 amide bonds. The van der Waals surface area contributed by atoms with Crippen LogP contribution in [0.3, 0.4) is 0 Å². The quantitative estimate of drug-likeness (QED) is 0.789. The molecule has 0 aliphatic carbocycles. The zero-order valence-corrected chi connectivity index (χ0v) is 16.0. The summed E-state index contributed by atoms with van der Waals surface area (Å²) < 4.78 is 5.59. The lowest BCUT2D eigenvalue weighted by Crippen LogP contribution is -2.39. The lowest BCUT2D eigenvalue weighted by atomic mass is 10.1. The third-order valence-electron chi connectivity index (χ3n) is 4.16. The van der Waals surface area contributed by atoms with Crippen LogP contribution in [0.5, 0.6) is 5.75 Å². The van der Waals surface area contributed by atoms with E-state index < -0.39 is 6.10 Å². The smallest absolute Gasteiger partial charge is 0.255 e. The molecule has 5 heteroatoms. The summed E-state index contributed by atoms with van der Waals surface area (Å²) in [5, 5.41) is 10.2. The Morgan fingerprint density at radius 1 is 1.00 bits per heavy atom. The molecule has 0 saturated carbocycles. The second kappa shape index (κ2) is 9.36. The lowest BCUT2D eigenvalue weighted by Gasteiger charge is -2.23. The summed E-state index contributed by atoms with van der Waals surface area (Å²) in [6.45, 7) is 3.12. The third kappa shape index (κ3) is 5.58. The molecule has 2 aromatic rings. The molecule has 0 saturated heterocycles. The molecule has 0 spiro atoms. The van der Waals surface area contributed by atoms with Crippen molar-refractivity contribution >= 4 is 5.91 Å². The number of likely N-dealkylation sites (N-methyl/N-ethyl adjacent to an activating group) is 1. The topological polar surface area (TPSA) is 53.0 Å². The molecule has 0 unspecified atom stereocenters. The number of amides is 1. The number of rotatable bonds is 8. The highest BCUT2D eigenvalue weighted by atomic mass is 16.5. The standard InChI is InChI=1S/C21H28N2O3/c1-16-9-5-8-12-20(16)26-15-19(24)21(25)23(4)14-18-11-7-6-10-17(18)13-22(2)3/h5-12,19,24H,13-15H2,1-4H3/t19-/m0/s1. The van der Waals surface area contributed by atoms with Crippen molar-refractivity contribution in [1.29, 1.82) is 0 Å². The third-order valence-corrected chi connectivity index (χ3v) is 4.16. The molecule has 0 aliphatic rings. The second-order valence-electron chi connectivity index (χ2n) is 6.79. The van der Waals surface area contributed by atoms with Gasteiger partial charge in [-0.05, 0) is 43.8 Å². The number of carbonyl (C=O) groups excluding carboxylic acids is 1. The Morgan fingerprint density at radius 3 is 2.19 bits per heavy atom. The first kappa shape index (κ1) is 19.9. The summed E-state index contributed by atoms with van der Waals surface area (Å²) in [6, 6.07) is 15.6. The van der Waals surface area contributed by atoms with Gasteiger partial charge in [-0.3, -0.25) is 4.79 Å². The van der Waals surface area contributed by atoms with Gasteiger partial charge in [0.05, 0.1) is 0 Å². The van der Waals surface area contributed by atoms with Crippen LogP contribution in [0.4, 0.5) is 0 Å². The molecular formula is C21H28N2O3. The van der Waals surface area contributed by atoms with Crippen molar-refractivity contribution in [2.45, 2.75) is 26.1 Å². The van der Waals surface area contributed by atoms with Gasteiger partial charge in [0.25, 0.3) is 5.91 Å². The van der Waals surface area contributed by atoms with Gasteiger partial charge in [-0.1, -0.05) is 42.5 Å². The number of aliphatic hydroxyl groups is 1. The van der Waals surface area contributed by atoms with Crippen LogP contribution in [-0.4, -0.2) is 54.7 Å². The predicted octanol–water partition coefficient (Wildman–Crippen LogP) is 2.45. The van der Waals surface area contributed by atoms with E-state index in [1.54, 1.807) is 11.9 Å². The van der Waals surface area contributed by atoms with E-state index in [0.717, 1.165) is 17.7 Å². The highest BCUT2D eigenvalue weighted by Gasteiger charge is 2.21. The number of carbonyl (C=O) groups is 1. The van der Waals surface area contributed by atoms with E-state index in [1.165, 1.54) is 5.56 Å². The van der Waals surface area contributed by atoms with Crippen molar-refractivity contribution in [3.05, 3.63) is 65.2 Å². The van der Waals surface area contributed by atoms with E-state index in [4.69, 9.17) is 4.74 Å². The van der Waals surface area contributed by atoms with Gasteiger partial charge in [0.1, 0.15) is 12.4 Å². The largest absolute Gasteiger partial charge is 0.490 e. The number of benzene rings is 2. The summed E-state index contributed by atoms with van der Waals surface area (Å²) in [4.78, 5) is 16.1. The minimum Gasteiger partial charge on any atom is -0.490 e. The monoisotopic (exact) mass is 356 g/mol. The van der Waals surface area contributed by atoms with Gasteiger partial charge in [0.2, 0.25) is 0 Å². The average molecular weight is 356 g/mol. The summed E-state index contributed by atoms with van der Waals surface area (Å²) in [6.07, 6.45) is -1.19. The number of ether oxygens (including phenoxy) is 1. The molecule has 1 N–H and O–H groups in total. The van der Waals surface area contributed by atoms with Crippen LogP contribution in [0.2, 0.25) is 0 Å². The summed E-state index contributed by atoms with van der Waals surface area (Å²) in [5.74, 6) is 0.330. The maximum Gasteiger partial charge on any atom is 0.255 e. The number of para-hydroxylation sites is 1. The van der Waals surface area contributed by atoms with Gasteiger partial charge in [-0.15, -0.1) is 0 Å². The van der Waals surface area contributed by atoms with Crippen LogP contribution < -0.4 is 4.74 Å². The first-order chi connectivity index (χ1) is 12.4. The Kier molecular flexibility index (Phi) is 7.18. The first-order valence-electron chi connectivity index (χ1n) is 8.71. The van der Waals surface area contributed by atoms with Crippen LogP contribution in [0, 0.1) is 6.92 Å². The number of nitrogens with zero attached hydrogens (tertiary/aromatic N) is 2. The summed E-state index contributed by atoms with van der Waals surface area (Å²) >= 11 is 0. The maximum absolute atomic E-state index is 12.5. The molecule has 140 valence electrons. The lowest BCUT2D eigenvalue weighted by molar-refractivity contribution is -0.140. The van der Waals surface area contributed by atoms with E-state index in [-0.39, 0.29) is 12.5 Å². The molecule has 0 aliphatic heterocycles. The second-order valence-corrected chi connectivity index (χ2v) is 6.79. The minimum atomic E-state index is -1.19. The molecule has 0 aromatic heterocycles. The molecule has 5 nitrogen and oxygen atoms in total. The first-order valence-corrected chi connectivity index (χ1v) is 8.71. The molecule has 1 atom stereocenters. The zero-order valence-electron chi connectivity index (χ0n) is 16.0. The van der Waals surface area contributed by atoms with Crippen molar-refractivity contribution in [3.8, 4) is 5.75 Å². The number of aryl methyl sites for hydroxylation is 1. The molecule has 2 rings (SSSR count). The Bertz CT molecular complexity index is 731. The number of aliphatic hydroxyl groups excluding tert-OH is 1. The van der Waals surface area contributed by atoms with Crippen molar-refractivity contribution < 1.29 is 14.6 Å². The van der Waals surface area contributed by atoms with Gasteiger partial charge >= 0.3 is 0 Å². The number of hydrogen-bond acceptors (Lipinski definition) is 4. The zero-order chi connectivity index (χ0) is 19.1. The van der Waals surface area contributed by atoms with E-state index >= 15 is 0 Å². The molecule has 2 aromatic carbocycles. The van der Waals surface area contributed by atoms with Gasteiger partial charge in [-0.25, -0.2) is 0 Å². The maximum atomic E-state index is 12.5. The summed E-state index contributed by atoms with van der Waals surface area (Å²) in [7, 11) is 5.72. The Morgan fingerprint density at radius 2 is 1.58 bits per heavy atom. The van der Waals surface area contributed by atoms with Crippen LogP contribution in [-0.2, 0) is 17.9 Å². The SMILES string of the molecule is Cc1ccccc1OC[C@H](O)C(=O)N(C)Cc1ccccc1CN(C)C. The van der Waals surface area contributed by atoms with Gasteiger partial charge < -0.3 is 19.6 Å². The van der Waals surface area contributed by atoms with Crippen LogP contribution >= 0.6 is 0 Å². The van der Waals surface area contributed by atoms with Crippen molar-refractivity contribution in [3.63, 3.8) is 0 Å². The van der Waals surface area contributed by atoms with Crippen molar-refractivity contribution in [1.82, 2.24) is 9.80 Å². The summed E-state index contributed by atoms with van der Waals surface area (Å²) in [5.41, 5.74) is 3.21. The fraction of sp³-hybridized carbons (Fsp3) is 0.381. The fourth-order valence-electron chi connectivity index (χ4n) is 2.75. The van der Waals surface area contributed by atoms with Gasteiger partial charge in [-0.2, -0.15) is 0 Å². The van der Waals surface area contributed by atoms with Crippen LogP contribution in [0.1, 0.15) is 16.7 Å². The van der Waals surface area contributed by atoms with Crippen molar-refractivity contribution in [2.24, 2.45) is 0 Å². The van der Waals surface area contributed by atoms with Gasteiger partial charge in [0.15, 0.2) is 6.10 Å². The van der Waals surface area contributed by atoms with E-state index in [1.807, 2.05) is 63.5 Å². The van der Waals surface area contributed by atoms with Crippen LogP contribution in [0.25, 0.3) is 0 Å². The highest BCUT2D eigenvalue weighted by molar-refractivity contribution is 5.80. The molecule has 0 bridgehead atoms. The Balaban J connectivity index is 1.95. The fourth-order valence-corrected chi connectivity index (χ4v) is 2.75. The van der Waals surface area contributed by atoms with Crippen LogP contribution in [0.15, 0.2) is 48.5 Å².